The quantitative estimate of drug-likeness (QED) is 0.300. The molecule has 1 aliphatic heterocycles. The van der Waals surface area contributed by atoms with Gasteiger partial charge in [-0.25, -0.2) is 29.2 Å². The number of fused-ring (bicyclic) bond motifs is 7. The lowest BCUT2D eigenvalue weighted by molar-refractivity contribution is 0.421. The number of nitrogens with zero attached hydrogens (tertiary/aromatic N) is 7. The summed E-state index contributed by atoms with van der Waals surface area (Å²) in [4.78, 5) is 37.0. The third-order valence-electron chi connectivity index (χ3n) is 6.96. The molecule has 10 heteroatoms. The lowest BCUT2D eigenvalue weighted by Crippen LogP contribution is -2.24. The van der Waals surface area contributed by atoms with Crippen molar-refractivity contribution in [1.82, 2.24) is 34.5 Å². The maximum absolute atomic E-state index is 13.6. The smallest absolute Gasteiger partial charge is 0.344 e. The zero-order chi connectivity index (χ0) is 26.1. The van der Waals surface area contributed by atoms with Crippen molar-refractivity contribution in [2.24, 2.45) is 0 Å². The minimum Gasteiger partial charge on any atom is -0.437 e. The molecule has 186 valence electrons. The van der Waals surface area contributed by atoms with E-state index in [0.29, 0.717) is 62.1 Å². The first-order valence-corrected chi connectivity index (χ1v) is 12.3. The number of para-hydroxylation sites is 3. The third-order valence-corrected chi connectivity index (χ3v) is 6.96. The maximum atomic E-state index is 13.6. The van der Waals surface area contributed by atoms with Gasteiger partial charge in [0.2, 0.25) is 5.88 Å². The predicted octanol–water partition coefficient (Wildman–Crippen LogP) is 4.83. The molecule has 5 aromatic heterocycles. The van der Waals surface area contributed by atoms with Gasteiger partial charge >= 0.3 is 5.63 Å². The molecule has 1 aliphatic rings. The topological polar surface area (TPSA) is 121 Å². The van der Waals surface area contributed by atoms with Crippen LogP contribution in [0.3, 0.4) is 0 Å². The Morgan fingerprint density at radius 2 is 1.64 bits per heavy atom. The van der Waals surface area contributed by atoms with Gasteiger partial charge in [0.15, 0.2) is 17.2 Å². The van der Waals surface area contributed by atoms with E-state index in [2.05, 4.69) is 15.1 Å². The molecule has 0 amide bonds. The molecule has 0 radical (unpaired) electrons. The number of ether oxygens (including phenoxy) is 1. The van der Waals surface area contributed by atoms with Gasteiger partial charge in [-0.3, -0.25) is 4.98 Å². The van der Waals surface area contributed by atoms with Gasteiger partial charge in [0.05, 0.1) is 44.9 Å². The van der Waals surface area contributed by atoms with Crippen LogP contribution in [0.15, 0.2) is 88.6 Å². The molecular formula is C29H17N7O3. The van der Waals surface area contributed by atoms with Gasteiger partial charge in [-0.15, -0.1) is 5.10 Å². The Morgan fingerprint density at radius 3 is 2.49 bits per heavy atom. The fourth-order valence-electron chi connectivity index (χ4n) is 5.20. The van der Waals surface area contributed by atoms with Gasteiger partial charge < -0.3 is 9.15 Å². The highest BCUT2D eigenvalue weighted by molar-refractivity contribution is 5.87. The van der Waals surface area contributed by atoms with E-state index < -0.39 is 11.5 Å². The predicted molar refractivity (Wildman–Crippen MR) is 142 cm³/mol. The lowest BCUT2D eigenvalue weighted by Gasteiger charge is -2.27. The number of pyridine rings is 1. The number of benzene rings is 2. The van der Waals surface area contributed by atoms with Gasteiger partial charge in [-0.05, 0) is 43.3 Å². The molecule has 6 heterocycles. The molecule has 1 unspecified atom stereocenters. The first-order chi connectivity index (χ1) is 19.2. The molecule has 1 atom stereocenters. The van der Waals surface area contributed by atoms with E-state index in [-0.39, 0.29) is 0 Å². The van der Waals surface area contributed by atoms with Crippen LogP contribution in [0, 0.1) is 6.92 Å². The molecule has 0 N–H and O–H groups in total. The average Bonchev–Trinajstić information content (AvgIpc) is 3.41. The number of hydrogen-bond donors (Lipinski definition) is 0. The van der Waals surface area contributed by atoms with Crippen LogP contribution in [0.5, 0.6) is 11.6 Å². The lowest BCUT2D eigenvalue weighted by atomic mass is 9.86. The van der Waals surface area contributed by atoms with Gasteiger partial charge in [-0.2, -0.15) is 0 Å². The summed E-state index contributed by atoms with van der Waals surface area (Å²) in [7, 11) is 0. The summed E-state index contributed by atoms with van der Waals surface area (Å²) in [6, 6.07) is 18.6. The first-order valence-electron chi connectivity index (χ1n) is 12.3. The van der Waals surface area contributed by atoms with Crippen molar-refractivity contribution in [2.45, 2.75) is 12.8 Å². The van der Waals surface area contributed by atoms with Crippen LogP contribution in [0.1, 0.15) is 28.4 Å². The third kappa shape index (κ3) is 3.18. The van der Waals surface area contributed by atoms with E-state index >= 15 is 0 Å². The van der Waals surface area contributed by atoms with Crippen LogP contribution in [0.2, 0.25) is 0 Å². The highest BCUT2D eigenvalue weighted by Gasteiger charge is 2.39. The summed E-state index contributed by atoms with van der Waals surface area (Å²) < 4.78 is 13.7. The van der Waals surface area contributed by atoms with Crippen molar-refractivity contribution in [1.29, 1.82) is 0 Å². The van der Waals surface area contributed by atoms with Gasteiger partial charge in [-0.1, -0.05) is 24.3 Å². The molecule has 0 aliphatic carbocycles. The van der Waals surface area contributed by atoms with Crippen LogP contribution in [0.4, 0.5) is 0 Å². The Labute approximate surface area is 219 Å². The second-order valence-electron chi connectivity index (χ2n) is 9.25. The number of rotatable bonds is 2. The van der Waals surface area contributed by atoms with Crippen LogP contribution in [-0.2, 0) is 0 Å². The molecule has 0 saturated carbocycles. The van der Waals surface area contributed by atoms with Crippen molar-refractivity contribution in [3.63, 3.8) is 0 Å². The second kappa shape index (κ2) is 7.99. The molecule has 0 bridgehead atoms. The minimum atomic E-state index is -0.715. The highest BCUT2D eigenvalue weighted by atomic mass is 16.5. The first kappa shape index (κ1) is 21.6. The van der Waals surface area contributed by atoms with E-state index in [1.54, 1.807) is 29.3 Å². The van der Waals surface area contributed by atoms with E-state index in [0.717, 1.165) is 11.1 Å². The van der Waals surface area contributed by atoms with Crippen LogP contribution in [-0.4, -0.2) is 34.5 Å². The number of aryl methyl sites for hydroxylation is 1. The summed E-state index contributed by atoms with van der Waals surface area (Å²) in [6.07, 6.45) is 4.92. The summed E-state index contributed by atoms with van der Waals surface area (Å²) in [5, 5.41) is 5.30. The minimum absolute atomic E-state index is 0.317. The SMILES string of the molecule is Cc1nc2ccccc2nc1C1c2c(c3ccccc3oc2=O)Oc2ncn3nc(-c4ccncc4)nc3c21. The Bertz CT molecular complexity index is 2160. The molecule has 2 aromatic carbocycles. The van der Waals surface area contributed by atoms with E-state index in [1.165, 1.54) is 0 Å². The molecule has 0 fully saturated rings. The Morgan fingerprint density at radius 1 is 0.872 bits per heavy atom. The fourth-order valence-corrected chi connectivity index (χ4v) is 5.20. The monoisotopic (exact) mass is 511 g/mol. The molecule has 7 aromatic rings. The molecule has 39 heavy (non-hydrogen) atoms. The van der Waals surface area contributed by atoms with Crippen LogP contribution in [0.25, 0.3) is 39.0 Å². The fraction of sp³-hybridized carbons (Fsp3) is 0.0690. The van der Waals surface area contributed by atoms with Crippen molar-refractivity contribution in [3.8, 4) is 23.0 Å². The normalized spacial score (nSPS) is 14.3. The zero-order valence-corrected chi connectivity index (χ0v) is 20.4. The second-order valence-corrected chi connectivity index (χ2v) is 9.25. The highest BCUT2D eigenvalue weighted by Crippen LogP contribution is 2.49. The van der Waals surface area contributed by atoms with Crippen LogP contribution < -0.4 is 10.4 Å². The van der Waals surface area contributed by atoms with Gasteiger partial charge in [0, 0.05) is 18.0 Å². The van der Waals surface area contributed by atoms with Gasteiger partial charge in [0.25, 0.3) is 0 Å². The molecular weight excluding hydrogens is 494 g/mol. The van der Waals surface area contributed by atoms with E-state index in [9.17, 15) is 4.79 Å². The molecule has 10 nitrogen and oxygen atoms in total. The largest absolute Gasteiger partial charge is 0.437 e. The Kier molecular flexibility index (Phi) is 4.42. The zero-order valence-electron chi connectivity index (χ0n) is 20.4. The number of aromatic nitrogens is 7. The number of hydrogen-bond acceptors (Lipinski definition) is 9. The average molecular weight is 512 g/mol. The maximum Gasteiger partial charge on any atom is 0.344 e. The van der Waals surface area contributed by atoms with Crippen molar-refractivity contribution < 1.29 is 9.15 Å². The van der Waals surface area contributed by atoms with Crippen LogP contribution >= 0.6 is 0 Å². The van der Waals surface area contributed by atoms with Crippen molar-refractivity contribution in [3.05, 3.63) is 112 Å². The summed E-state index contributed by atoms with van der Waals surface area (Å²) in [5.74, 6) is 0.481. The van der Waals surface area contributed by atoms with E-state index in [1.807, 2.05) is 61.5 Å². The summed E-state index contributed by atoms with van der Waals surface area (Å²) >= 11 is 0. The van der Waals surface area contributed by atoms with Crippen molar-refractivity contribution in [2.75, 3.05) is 0 Å². The molecule has 0 saturated heterocycles. The van der Waals surface area contributed by atoms with E-state index in [4.69, 9.17) is 24.1 Å². The standard InChI is InChI=1S/C29H17N7O3/c1-15-24(33-19-8-4-3-7-18(19)32-15)21-22-25(17-6-2-5-9-20(17)38-29(22)37)39-28-23(21)27-34-26(35-36(27)14-31-28)16-10-12-30-13-11-16/h2-14,21H,1H3. The van der Waals surface area contributed by atoms with Gasteiger partial charge in [0.1, 0.15) is 11.9 Å². The summed E-state index contributed by atoms with van der Waals surface area (Å²) in [5.41, 5.74) is 4.79. The summed E-state index contributed by atoms with van der Waals surface area (Å²) in [6.45, 7) is 1.88. The molecule has 8 rings (SSSR count). The van der Waals surface area contributed by atoms with Crippen molar-refractivity contribution >= 4 is 27.6 Å². The molecule has 0 spiro atoms. The Hall–Kier alpha value is -5.51. The Balaban J connectivity index is 1.48.